The highest BCUT2D eigenvalue weighted by atomic mass is 15.3. The van der Waals surface area contributed by atoms with E-state index in [1.807, 2.05) is 31.8 Å². The van der Waals surface area contributed by atoms with Crippen molar-refractivity contribution < 1.29 is 0 Å². The van der Waals surface area contributed by atoms with Crippen molar-refractivity contribution in [3.05, 3.63) is 30.5 Å². The van der Waals surface area contributed by atoms with Crippen molar-refractivity contribution >= 4 is 5.82 Å². The van der Waals surface area contributed by atoms with E-state index in [0.29, 0.717) is 0 Å². The summed E-state index contributed by atoms with van der Waals surface area (Å²) in [6, 6.07) is 1.95. The maximum atomic E-state index is 4.24. The normalized spacial score (nSPS) is 10.5. The number of aryl methyl sites for hydroxylation is 2. The van der Waals surface area contributed by atoms with E-state index in [-0.39, 0.29) is 0 Å². The molecule has 0 amide bonds. The molecule has 0 unspecified atom stereocenters. The second-order valence-corrected chi connectivity index (χ2v) is 3.40. The van der Waals surface area contributed by atoms with E-state index >= 15 is 0 Å². The largest absolute Gasteiger partial charge is 0.363 e. The molecule has 0 spiro atoms. The predicted octanol–water partition coefficient (Wildman–Crippen LogP) is 1.25. The van der Waals surface area contributed by atoms with Crippen LogP contribution in [0.3, 0.4) is 0 Å². The highest BCUT2D eigenvalue weighted by Gasteiger charge is 2.01. The first-order valence-electron chi connectivity index (χ1n) is 5.02. The predicted molar refractivity (Wildman–Crippen MR) is 58.4 cm³/mol. The van der Waals surface area contributed by atoms with Crippen LogP contribution in [0.25, 0.3) is 0 Å². The molecule has 5 heteroatoms. The number of rotatable bonds is 4. The van der Waals surface area contributed by atoms with Gasteiger partial charge in [-0.2, -0.15) is 5.10 Å². The summed E-state index contributed by atoms with van der Waals surface area (Å²) in [4.78, 5) is 4.11. The van der Waals surface area contributed by atoms with Gasteiger partial charge in [0.05, 0.1) is 18.6 Å². The summed E-state index contributed by atoms with van der Waals surface area (Å²) in [5, 5.41) is 7.49. The number of nitrogens with one attached hydrogen (secondary N) is 1. The molecule has 0 atom stereocenters. The van der Waals surface area contributed by atoms with Crippen molar-refractivity contribution in [2.75, 3.05) is 5.32 Å². The molecule has 2 heterocycles. The Morgan fingerprint density at radius 1 is 1.47 bits per heavy atom. The van der Waals surface area contributed by atoms with Crippen LogP contribution in [-0.4, -0.2) is 19.3 Å². The fraction of sp³-hybridized carbons (Fsp3) is 0.400. The van der Waals surface area contributed by atoms with Gasteiger partial charge in [0.15, 0.2) is 0 Å². The van der Waals surface area contributed by atoms with Gasteiger partial charge in [-0.1, -0.05) is 0 Å². The molecule has 2 aromatic rings. The molecule has 1 N–H and O–H groups in total. The van der Waals surface area contributed by atoms with Gasteiger partial charge in [0.1, 0.15) is 5.82 Å². The van der Waals surface area contributed by atoms with Crippen LogP contribution in [0.2, 0.25) is 0 Å². The second-order valence-electron chi connectivity index (χ2n) is 3.40. The number of anilines is 1. The number of hydrogen-bond donors (Lipinski definition) is 1. The first kappa shape index (κ1) is 9.76. The summed E-state index contributed by atoms with van der Waals surface area (Å²) in [7, 11) is 1.90. The van der Waals surface area contributed by atoms with Crippen molar-refractivity contribution in [2.45, 2.75) is 20.0 Å². The Labute approximate surface area is 88.7 Å². The monoisotopic (exact) mass is 205 g/mol. The SMILES string of the molecule is CCn1cncc1CNc1ccn(C)n1. The zero-order chi connectivity index (χ0) is 10.7. The third kappa shape index (κ3) is 2.18. The lowest BCUT2D eigenvalue weighted by atomic mass is 10.4. The first-order valence-corrected chi connectivity index (χ1v) is 5.02. The van der Waals surface area contributed by atoms with Gasteiger partial charge in [-0.25, -0.2) is 4.98 Å². The van der Waals surface area contributed by atoms with E-state index in [1.54, 1.807) is 4.68 Å². The van der Waals surface area contributed by atoms with Crippen LogP contribution < -0.4 is 5.32 Å². The minimum Gasteiger partial charge on any atom is -0.363 e. The lowest BCUT2D eigenvalue weighted by molar-refractivity contribution is 0.716. The topological polar surface area (TPSA) is 47.7 Å². The van der Waals surface area contributed by atoms with Gasteiger partial charge in [0.2, 0.25) is 0 Å². The van der Waals surface area contributed by atoms with Crippen LogP contribution in [0.5, 0.6) is 0 Å². The van der Waals surface area contributed by atoms with E-state index < -0.39 is 0 Å². The quantitative estimate of drug-likeness (QED) is 0.817. The average Bonchev–Trinajstić information content (AvgIpc) is 2.83. The molecular weight excluding hydrogens is 190 g/mol. The van der Waals surface area contributed by atoms with Crippen molar-refractivity contribution in [2.24, 2.45) is 7.05 Å². The molecule has 80 valence electrons. The van der Waals surface area contributed by atoms with Gasteiger partial charge in [0.25, 0.3) is 0 Å². The number of aromatic nitrogens is 4. The van der Waals surface area contributed by atoms with E-state index in [1.165, 1.54) is 5.69 Å². The van der Waals surface area contributed by atoms with Crippen LogP contribution in [0.15, 0.2) is 24.8 Å². The van der Waals surface area contributed by atoms with Crippen LogP contribution in [-0.2, 0) is 20.1 Å². The maximum absolute atomic E-state index is 4.24. The number of imidazole rings is 1. The minimum atomic E-state index is 0.755. The number of hydrogen-bond acceptors (Lipinski definition) is 3. The highest BCUT2D eigenvalue weighted by Crippen LogP contribution is 2.05. The molecule has 0 bridgehead atoms. The van der Waals surface area contributed by atoms with Crippen molar-refractivity contribution in [1.29, 1.82) is 0 Å². The Bertz CT molecular complexity index is 428. The molecule has 2 rings (SSSR count). The molecule has 15 heavy (non-hydrogen) atoms. The standard InChI is InChI=1S/C10H15N5/c1-3-15-8-11-6-9(15)7-12-10-4-5-14(2)13-10/h4-6,8H,3,7H2,1-2H3,(H,12,13). The summed E-state index contributed by atoms with van der Waals surface area (Å²) in [5.74, 6) is 0.890. The molecule has 5 nitrogen and oxygen atoms in total. The van der Waals surface area contributed by atoms with Gasteiger partial charge in [-0.3, -0.25) is 4.68 Å². The zero-order valence-electron chi connectivity index (χ0n) is 9.01. The molecule has 0 aliphatic heterocycles. The smallest absolute Gasteiger partial charge is 0.148 e. The molecule has 0 radical (unpaired) electrons. The third-order valence-corrected chi connectivity index (χ3v) is 2.30. The third-order valence-electron chi connectivity index (χ3n) is 2.30. The fourth-order valence-corrected chi connectivity index (χ4v) is 1.47. The van der Waals surface area contributed by atoms with Crippen LogP contribution in [0.4, 0.5) is 5.82 Å². The van der Waals surface area contributed by atoms with Gasteiger partial charge < -0.3 is 9.88 Å². The molecule has 0 aromatic carbocycles. The van der Waals surface area contributed by atoms with Crippen LogP contribution in [0.1, 0.15) is 12.6 Å². The number of nitrogens with zero attached hydrogens (tertiary/aromatic N) is 4. The molecule has 0 saturated carbocycles. The van der Waals surface area contributed by atoms with Gasteiger partial charge >= 0.3 is 0 Å². The van der Waals surface area contributed by atoms with Gasteiger partial charge in [0, 0.05) is 32.1 Å². The molecular formula is C10H15N5. The Morgan fingerprint density at radius 2 is 2.33 bits per heavy atom. The van der Waals surface area contributed by atoms with Crippen molar-refractivity contribution in [3.63, 3.8) is 0 Å². The Balaban J connectivity index is 1.98. The average molecular weight is 205 g/mol. The summed E-state index contributed by atoms with van der Waals surface area (Å²) in [6.07, 6.45) is 5.63. The van der Waals surface area contributed by atoms with E-state index in [4.69, 9.17) is 0 Å². The van der Waals surface area contributed by atoms with E-state index in [0.717, 1.165) is 18.9 Å². The zero-order valence-corrected chi connectivity index (χ0v) is 9.01. The van der Waals surface area contributed by atoms with Crippen molar-refractivity contribution in [3.8, 4) is 0 Å². The molecule has 0 aliphatic carbocycles. The second kappa shape index (κ2) is 4.16. The summed E-state index contributed by atoms with van der Waals surface area (Å²) < 4.78 is 3.88. The summed E-state index contributed by atoms with van der Waals surface area (Å²) in [5.41, 5.74) is 1.17. The van der Waals surface area contributed by atoms with Crippen LogP contribution >= 0.6 is 0 Å². The Hall–Kier alpha value is -1.78. The lowest BCUT2D eigenvalue weighted by Crippen LogP contribution is -2.06. The van der Waals surface area contributed by atoms with Gasteiger partial charge in [-0.05, 0) is 6.92 Å². The maximum Gasteiger partial charge on any atom is 0.148 e. The Morgan fingerprint density at radius 3 is 3.00 bits per heavy atom. The van der Waals surface area contributed by atoms with E-state index in [9.17, 15) is 0 Å². The Kier molecular flexibility index (Phi) is 2.71. The molecule has 0 fully saturated rings. The fourth-order valence-electron chi connectivity index (χ4n) is 1.47. The highest BCUT2D eigenvalue weighted by molar-refractivity contribution is 5.32. The van der Waals surface area contributed by atoms with E-state index in [2.05, 4.69) is 26.9 Å². The van der Waals surface area contributed by atoms with Gasteiger partial charge in [-0.15, -0.1) is 0 Å². The summed E-state index contributed by atoms with van der Waals surface area (Å²) in [6.45, 7) is 3.80. The minimum absolute atomic E-state index is 0.755. The summed E-state index contributed by atoms with van der Waals surface area (Å²) >= 11 is 0. The molecule has 0 saturated heterocycles. The molecule has 0 aliphatic rings. The molecule has 2 aromatic heterocycles. The first-order chi connectivity index (χ1) is 7.29. The van der Waals surface area contributed by atoms with Crippen molar-refractivity contribution in [1.82, 2.24) is 19.3 Å². The lowest BCUT2D eigenvalue weighted by Gasteiger charge is -2.05. The van der Waals surface area contributed by atoms with Crippen LogP contribution in [0, 0.1) is 0 Å².